The van der Waals surface area contributed by atoms with Gasteiger partial charge >= 0.3 is 11.6 Å². The predicted octanol–water partition coefficient (Wildman–Crippen LogP) is 3.83. The maximum absolute atomic E-state index is 13.2. The van der Waals surface area contributed by atoms with Crippen LogP contribution in [0.15, 0.2) is 68.4 Å². The number of halogens is 2. The normalized spacial score (nSPS) is 10.9. The van der Waals surface area contributed by atoms with E-state index >= 15 is 0 Å². The summed E-state index contributed by atoms with van der Waals surface area (Å²) in [5.74, 6) is -2.90. The summed E-state index contributed by atoms with van der Waals surface area (Å²) in [7, 11) is 0. The number of nitrogens with zero attached hydrogens (tertiary/aromatic N) is 2. The summed E-state index contributed by atoms with van der Waals surface area (Å²) in [4.78, 5) is 36.6. The molecule has 0 aliphatic heterocycles. The van der Waals surface area contributed by atoms with Crippen molar-refractivity contribution in [2.24, 2.45) is 0 Å². The van der Waals surface area contributed by atoms with Crippen molar-refractivity contribution in [1.29, 1.82) is 0 Å². The zero-order chi connectivity index (χ0) is 21.4. The number of anilines is 1. The molecule has 4 rings (SSSR count). The molecule has 0 atom stereocenters. The van der Waals surface area contributed by atoms with Crippen LogP contribution < -0.4 is 10.9 Å². The Hall–Kier alpha value is -3.79. The fourth-order valence-corrected chi connectivity index (χ4v) is 3.21. The predicted molar refractivity (Wildman–Crippen MR) is 109 cm³/mol. The Kier molecular flexibility index (Phi) is 4.92. The summed E-state index contributed by atoms with van der Waals surface area (Å²) >= 11 is 3.30. The van der Waals surface area contributed by atoms with Crippen LogP contribution >= 0.6 is 15.9 Å². The van der Waals surface area contributed by atoms with Crippen molar-refractivity contribution in [2.45, 2.75) is 0 Å². The number of carboxylic acids is 1. The molecule has 0 aliphatic rings. The van der Waals surface area contributed by atoms with Crippen LogP contribution in [0, 0.1) is 5.82 Å². The van der Waals surface area contributed by atoms with Gasteiger partial charge in [0.2, 0.25) is 0 Å². The molecule has 2 N–H and O–H groups in total. The van der Waals surface area contributed by atoms with Gasteiger partial charge in [0.05, 0.1) is 11.9 Å². The first-order valence-electron chi connectivity index (χ1n) is 8.45. The van der Waals surface area contributed by atoms with Gasteiger partial charge in [-0.25, -0.2) is 18.7 Å². The lowest BCUT2D eigenvalue weighted by atomic mass is 10.2. The van der Waals surface area contributed by atoms with Gasteiger partial charge in [-0.1, -0.05) is 15.9 Å². The molecule has 150 valence electrons. The van der Waals surface area contributed by atoms with E-state index in [-0.39, 0.29) is 16.9 Å². The number of carbonyl (C=O) groups excluding carboxylic acids is 1. The molecule has 0 unspecified atom stereocenters. The lowest BCUT2D eigenvalue weighted by Crippen LogP contribution is -2.23. The van der Waals surface area contributed by atoms with E-state index in [2.05, 4.69) is 26.3 Å². The molecule has 4 aromatic rings. The molecule has 1 amide bonds. The van der Waals surface area contributed by atoms with Gasteiger partial charge in [-0.15, -0.1) is 0 Å². The molecule has 0 spiro atoms. The van der Waals surface area contributed by atoms with Crippen LogP contribution in [-0.4, -0.2) is 26.8 Å². The van der Waals surface area contributed by atoms with Gasteiger partial charge in [0.25, 0.3) is 5.91 Å². The van der Waals surface area contributed by atoms with Crippen molar-refractivity contribution in [3.63, 3.8) is 0 Å². The number of fused-ring (bicyclic) bond motifs is 1. The first kappa shape index (κ1) is 19.5. The van der Waals surface area contributed by atoms with Crippen LogP contribution in [0.2, 0.25) is 0 Å². The molecular formula is C20H11BrFN3O5. The summed E-state index contributed by atoms with van der Waals surface area (Å²) in [5, 5.41) is 16.3. The van der Waals surface area contributed by atoms with Gasteiger partial charge in [-0.3, -0.25) is 4.79 Å². The monoisotopic (exact) mass is 471 g/mol. The van der Waals surface area contributed by atoms with Crippen molar-refractivity contribution < 1.29 is 23.5 Å². The Balaban J connectivity index is 1.78. The Morgan fingerprint density at radius 1 is 1.10 bits per heavy atom. The SMILES string of the molecule is O=C(O)c1cnn(-c2ccc(F)cc2)c1NC(=O)c1cc2cc(Br)ccc2oc1=O. The second-order valence-corrected chi connectivity index (χ2v) is 7.10. The van der Waals surface area contributed by atoms with Gasteiger partial charge in [0.15, 0.2) is 5.82 Å². The molecule has 0 saturated carbocycles. The van der Waals surface area contributed by atoms with Crippen LogP contribution in [0.1, 0.15) is 20.7 Å². The van der Waals surface area contributed by atoms with Gasteiger partial charge in [0, 0.05) is 9.86 Å². The van der Waals surface area contributed by atoms with E-state index in [1.807, 2.05) is 0 Å². The molecule has 0 bridgehead atoms. The third-order valence-electron chi connectivity index (χ3n) is 4.24. The van der Waals surface area contributed by atoms with Crippen LogP contribution in [0.5, 0.6) is 0 Å². The standard InChI is InChI=1S/C20H11BrFN3O5/c21-11-1-6-16-10(7-11)8-14(20(29)30-16)18(26)24-17-15(19(27)28)9-23-25(17)13-4-2-12(22)3-5-13/h1-9H,(H,24,26)(H,27,28). The second kappa shape index (κ2) is 7.56. The Morgan fingerprint density at radius 2 is 1.83 bits per heavy atom. The minimum atomic E-state index is -1.34. The Labute approximate surface area is 175 Å². The maximum atomic E-state index is 13.2. The van der Waals surface area contributed by atoms with Crippen molar-refractivity contribution in [1.82, 2.24) is 9.78 Å². The van der Waals surface area contributed by atoms with Crippen molar-refractivity contribution in [3.8, 4) is 5.69 Å². The smallest absolute Gasteiger partial charge is 0.349 e. The molecule has 30 heavy (non-hydrogen) atoms. The highest BCUT2D eigenvalue weighted by Gasteiger charge is 2.22. The lowest BCUT2D eigenvalue weighted by molar-refractivity contribution is 0.0698. The van der Waals surface area contributed by atoms with Gasteiger partial charge in [-0.05, 0) is 48.5 Å². The number of aromatic nitrogens is 2. The molecule has 0 saturated heterocycles. The number of hydrogen-bond acceptors (Lipinski definition) is 5. The van der Waals surface area contributed by atoms with E-state index in [0.29, 0.717) is 16.7 Å². The van der Waals surface area contributed by atoms with E-state index in [9.17, 15) is 23.9 Å². The number of nitrogens with one attached hydrogen (secondary N) is 1. The van der Waals surface area contributed by atoms with Crippen LogP contribution in [0.3, 0.4) is 0 Å². The van der Waals surface area contributed by atoms with E-state index in [0.717, 1.165) is 15.4 Å². The number of amides is 1. The van der Waals surface area contributed by atoms with Crippen molar-refractivity contribution in [3.05, 3.63) is 86.6 Å². The Bertz CT molecular complexity index is 1360. The molecule has 0 fully saturated rings. The van der Waals surface area contributed by atoms with Crippen LogP contribution in [0.25, 0.3) is 16.7 Å². The van der Waals surface area contributed by atoms with Gasteiger partial charge in [0.1, 0.15) is 22.5 Å². The number of benzene rings is 2. The summed E-state index contributed by atoms with van der Waals surface area (Å²) in [6.45, 7) is 0. The van der Waals surface area contributed by atoms with E-state index < -0.39 is 23.3 Å². The minimum absolute atomic E-state index is 0.187. The summed E-state index contributed by atoms with van der Waals surface area (Å²) in [6.07, 6.45) is 1.04. The van der Waals surface area contributed by atoms with E-state index in [1.54, 1.807) is 18.2 Å². The molecular weight excluding hydrogens is 461 g/mol. The average Bonchev–Trinajstić information content (AvgIpc) is 3.12. The fraction of sp³-hybridized carbons (Fsp3) is 0. The summed E-state index contributed by atoms with van der Waals surface area (Å²) < 4.78 is 20.2. The number of carbonyl (C=O) groups is 2. The third kappa shape index (κ3) is 3.60. The number of rotatable bonds is 4. The van der Waals surface area contributed by atoms with Crippen LogP contribution in [0.4, 0.5) is 10.2 Å². The highest BCUT2D eigenvalue weighted by atomic mass is 79.9. The van der Waals surface area contributed by atoms with E-state index in [1.165, 1.54) is 30.3 Å². The molecule has 0 radical (unpaired) electrons. The van der Waals surface area contributed by atoms with Crippen molar-refractivity contribution in [2.75, 3.05) is 5.32 Å². The van der Waals surface area contributed by atoms with Crippen LogP contribution in [-0.2, 0) is 0 Å². The fourth-order valence-electron chi connectivity index (χ4n) is 2.83. The zero-order valence-corrected chi connectivity index (χ0v) is 16.5. The molecule has 10 heteroatoms. The molecule has 0 aliphatic carbocycles. The maximum Gasteiger partial charge on any atom is 0.349 e. The zero-order valence-electron chi connectivity index (χ0n) is 14.9. The first-order valence-corrected chi connectivity index (χ1v) is 9.25. The molecule has 2 heterocycles. The quantitative estimate of drug-likeness (QED) is 0.437. The average molecular weight is 472 g/mol. The van der Waals surface area contributed by atoms with E-state index in [4.69, 9.17) is 4.42 Å². The van der Waals surface area contributed by atoms with Gasteiger partial charge in [-0.2, -0.15) is 5.10 Å². The topological polar surface area (TPSA) is 114 Å². The largest absolute Gasteiger partial charge is 0.477 e. The summed E-state index contributed by atoms with van der Waals surface area (Å²) in [5.41, 5.74) is -0.896. The highest BCUT2D eigenvalue weighted by molar-refractivity contribution is 9.10. The highest BCUT2D eigenvalue weighted by Crippen LogP contribution is 2.23. The molecule has 2 aromatic heterocycles. The lowest BCUT2D eigenvalue weighted by Gasteiger charge is -2.10. The molecule has 8 nitrogen and oxygen atoms in total. The number of hydrogen-bond donors (Lipinski definition) is 2. The van der Waals surface area contributed by atoms with Crippen molar-refractivity contribution >= 4 is 44.6 Å². The first-order chi connectivity index (χ1) is 14.3. The van der Waals surface area contributed by atoms with Gasteiger partial charge < -0.3 is 14.8 Å². The third-order valence-corrected chi connectivity index (χ3v) is 4.73. The Morgan fingerprint density at radius 3 is 2.53 bits per heavy atom. The minimum Gasteiger partial charge on any atom is -0.477 e. The summed E-state index contributed by atoms with van der Waals surface area (Å²) in [6, 6.07) is 11.3. The number of carboxylic acid groups (broad SMARTS) is 1. The number of aromatic carboxylic acids is 1. The molecule has 2 aromatic carbocycles. The second-order valence-electron chi connectivity index (χ2n) is 6.18.